The van der Waals surface area contributed by atoms with Crippen molar-refractivity contribution in [2.24, 2.45) is 0 Å². The van der Waals surface area contributed by atoms with Crippen molar-refractivity contribution in [1.29, 1.82) is 0 Å². The van der Waals surface area contributed by atoms with Gasteiger partial charge in [0.05, 0.1) is 11.3 Å². The summed E-state index contributed by atoms with van der Waals surface area (Å²) in [6, 6.07) is 7.28. The molecule has 0 unspecified atom stereocenters. The zero-order valence-corrected chi connectivity index (χ0v) is 15.1. The molecule has 23 heavy (non-hydrogen) atoms. The number of amides is 1. The molecule has 1 amide bonds. The second kappa shape index (κ2) is 7.47. The van der Waals surface area contributed by atoms with E-state index in [9.17, 15) is 13.2 Å². The van der Waals surface area contributed by atoms with E-state index in [-0.39, 0.29) is 11.9 Å². The van der Waals surface area contributed by atoms with E-state index in [4.69, 9.17) is 0 Å². The summed E-state index contributed by atoms with van der Waals surface area (Å²) >= 11 is 0. The molecule has 4 nitrogen and oxygen atoms in total. The normalized spacial score (nSPS) is 17.2. The van der Waals surface area contributed by atoms with Crippen LogP contribution in [0.5, 0.6) is 0 Å². The maximum atomic E-state index is 12.8. The zero-order chi connectivity index (χ0) is 17.0. The van der Waals surface area contributed by atoms with Crippen molar-refractivity contribution in [2.45, 2.75) is 69.4 Å². The van der Waals surface area contributed by atoms with Crippen LogP contribution in [-0.4, -0.2) is 37.6 Å². The van der Waals surface area contributed by atoms with E-state index >= 15 is 0 Å². The number of nitrogens with zero attached hydrogens (tertiary/aromatic N) is 1. The Bertz CT molecular complexity index is 631. The molecule has 0 spiro atoms. The van der Waals surface area contributed by atoms with Crippen molar-refractivity contribution in [1.82, 2.24) is 4.90 Å². The Morgan fingerprint density at radius 1 is 1.22 bits per heavy atom. The Labute approximate surface area is 139 Å². The third-order valence-electron chi connectivity index (χ3n) is 4.78. The Kier molecular flexibility index (Phi) is 5.84. The van der Waals surface area contributed by atoms with Gasteiger partial charge < -0.3 is 4.90 Å². The van der Waals surface area contributed by atoms with Crippen LogP contribution >= 0.6 is 0 Å². The van der Waals surface area contributed by atoms with Crippen LogP contribution in [0.4, 0.5) is 0 Å². The van der Waals surface area contributed by atoms with E-state index in [0.717, 1.165) is 24.8 Å². The molecule has 0 aromatic heterocycles. The van der Waals surface area contributed by atoms with Crippen LogP contribution in [-0.2, 0) is 21.1 Å². The Balaban J connectivity index is 2.11. The quantitative estimate of drug-likeness (QED) is 0.801. The summed E-state index contributed by atoms with van der Waals surface area (Å²) in [4.78, 5) is 15.2. The second-order valence-corrected chi connectivity index (χ2v) is 8.61. The largest absolute Gasteiger partial charge is 0.337 e. The summed E-state index contributed by atoms with van der Waals surface area (Å²) < 4.78 is 23.0. The molecular formula is C18H27NO3S. The lowest BCUT2D eigenvalue weighted by Crippen LogP contribution is -2.45. The highest BCUT2D eigenvalue weighted by atomic mass is 32.2. The van der Waals surface area contributed by atoms with Gasteiger partial charge in [-0.25, -0.2) is 8.42 Å². The minimum Gasteiger partial charge on any atom is -0.337 e. The molecule has 128 valence electrons. The molecule has 1 aromatic carbocycles. The standard InChI is InChI=1S/C18H27NO3S/c1-4-14(2)19(16-7-5-6-8-16)18(20)13-15-9-11-17(12-10-15)23(3,21)22/h9-12,14,16H,4-8,13H2,1-3H3/t14-/m0/s1. The van der Waals surface area contributed by atoms with Gasteiger partial charge >= 0.3 is 0 Å². The molecule has 5 heteroatoms. The topological polar surface area (TPSA) is 54.5 Å². The highest BCUT2D eigenvalue weighted by Crippen LogP contribution is 2.26. The molecule has 0 radical (unpaired) electrons. The molecule has 1 saturated carbocycles. The number of rotatable bonds is 6. The number of hydrogen-bond acceptors (Lipinski definition) is 3. The molecule has 0 saturated heterocycles. The van der Waals surface area contributed by atoms with E-state index in [1.54, 1.807) is 24.3 Å². The summed E-state index contributed by atoms with van der Waals surface area (Å²) in [6.45, 7) is 4.23. The van der Waals surface area contributed by atoms with E-state index in [1.165, 1.54) is 19.1 Å². The predicted octanol–water partition coefficient (Wildman–Crippen LogP) is 3.20. The maximum Gasteiger partial charge on any atom is 0.227 e. The Morgan fingerprint density at radius 3 is 2.26 bits per heavy atom. The van der Waals surface area contributed by atoms with Gasteiger partial charge in [0.15, 0.2) is 9.84 Å². The van der Waals surface area contributed by atoms with Crippen molar-refractivity contribution < 1.29 is 13.2 Å². The van der Waals surface area contributed by atoms with Crippen LogP contribution in [0.15, 0.2) is 29.2 Å². The molecule has 0 aliphatic heterocycles. The molecule has 1 aliphatic rings. The third-order valence-corrected chi connectivity index (χ3v) is 5.91. The molecule has 1 aromatic rings. The van der Waals surface area contributed by atoms with Crippen LogP contribution < -0.4 is 0 Å². The minimum absolute atomic E-state index is 0.151. The van der Waals surface area contributed by atoms with Gasteiger partial charge in [-0.1, -0.05) is 31.9 Å². The molecule has 1 aliphatic carbocycles. The van der Waals surface area contributed by atoms with Crippen molar-refractivity contribution in [2.75, 3.05) is 6.26 Å². The summed E-state index contributed by atoms with van der Waals surface area (Å²) in [7, 11) is -3.19. The molecule has 0 bridgehead atoms. The lowest BCUT2D eigenvalue weighted by Gasteiger charge is -2.34. The lowest BCUT2D eigenvalue weighted by atomic mass is 10.1. The first kappa shape index (κ1) is 18.0. The number of benzene rings is 1. The van der Waals surface area contributed by atoms with Gasteiger partial charge in [0.25, 0.3) is 0 Å². The molecule has 0 N–H and O–H groups in total. The monoisotopic (exact) mass is 337 g/mol. The Morgan fingerprint density at radius 2 is 1.78 bits per heavy atom. The van der Waals surface area contributed by atoms with Gasteiger partial charge in [0, 0.05) is 18.3 Å². The highest BCUT2D eigenvalue weighted by molar-refractivity contribution is 7.90. The number of sulfone groups is 1. The van der Waals surface area contributed by atoms with E-state index in [0.29, 0.717) is 17.4 Å². The van der Waals surface area contributed by atoms with Gasteiger partial charge in [-0.2, -0.15) is 0 Å². The molecule has 1 fully saturated rings. The summed E-state index contributed by atoms with van der Waals surface area (Å²) in [5.74, 6) is 0.151. The van der Waals surface area contributed by atoms with Crippen molar-refractivity contribution in [3.63, 3.8) is 0 Å². The van der Waals surface area contributed by atoms with Gasteiger partial charge in [-0.15, -0.1) is 0 Å². The van der Waals surface area contributed by atoms with Gasteiger partial charge in [-0.05, 0) is 43.9 Å². The molecule has 0 heterocycles. The fourth-order valence-electron chi connectivity index (χ4n) is 3.31. The minimum atomic E-state index is -3.19. The number of carbonyl (C=O) groups is 1. The first-order valence-electron chi connectivity index (χ1n) is 8.43. The fourth-order valence-corrected chi connectivity index (χ4v) is 3.94. The van der Waals surface area contributed by atoms with Gasteiger partial charge in [0.1, 0.15) is 0 Å². The van der Waals surface area contributed by atoms with Crippen LogP contribution in [0.1, 0.15) is 51.5 Å². The first-order chi connectivity index (χ1) is 10.8. The van der Waals surface area contributed by atoms with E-state index < -0.39 is 9.84 Å². The van der Waals surface area contributed by atoms with Crippen LogP contribution in [0.2, 0.25) is 0 Å². The second-order valence-electron chi connectivity index (χ2n) is 6.59. The SMILES string of the molecule is CC[C@H](C)N(C(=O)Cc1ccc(S(C)(=O)=O)cc1)C1CCCC1. The Hall–Kier alpha value is -1.36. The van der Waals surface area contributed by atoms with Crippen molar-refractivity contribution in [3.8, 4) is 0 Å². The summed E-state index contributed by atoms with van der Waals surface area (Å²) in [5.41, 5.74) is 0.869. The van der Waals surface area contributed by atoms with E-state index in [1.807, 2.05) is 0 Å². The maximum absolute atomic E-state index is 12.8. The van der Waals surface area contributed by atoms with Crippen molar-refractivity contribution >= 4 is 15.7 Å². The van der Waals surface area contributed by atoms with Crippen LogP contribution in [0.3, 0.4) is 0 Å². The van der Waals surface area contributed by atoms with Gasteiger partial charge in [0.2, 0.25) is 5.91 Å². The smallest absolute Gasteiger partial charge is 0.227 e. The molecule has 1 atom stereocenters. The molecule has 2 rings (SSSR count). The number of carbonyl (C=O) groups excluding carboxylic acids is 1. The van der Waals surface area contributed by atoms with Crippen LogP contribution in [0, 0.1) is 0 Å². The fraction of sp³-hybridized carbons (Fsp3) is 0.611. The number of hydrogen-bond donors (Lipinski definition) is 0. The van der Waals surface area contributed by atoms with Crippen molar-refractivity contribution in [3.05, 3.63) is 29.8 Å². The predicted molar refractivity (Wildman–Crippen MR) is 92.1 cm³/mol. The summed E-state index contributed by atoms with van der Waals surface area (Å²) in [6.07, 6.45) is 7.09. The lowest BCUT2D eigenvalue weighted by molar-refractivity contribution is -0.135. The average molecular weight is 337 g/mol. The average Bonchev–Trinajstić information content (AvgIpc) is 3.00. The summed E-state index contributed by atoms with van der Waals surface area (Å²) in [5, 5.41) is 0. The molecular weight excluding hydrogens is 310 g/mol. The zero-order valence-electron chi connectivity index (χ0n) is 14.3. The van der Waals surface area contributed by atoms with Crippen LogP contribution in [0.25, 0.3) is 0 Å². The van der Waals surface area contributed by atoms with Gasteiger partial charge in [-0.3, -0.25) is 4.79 Å². The van der Waals surface area contributed by atoms with E-state index in [2.05, 4.69) is 18.7 Å². The first-order valence-corrected chi connectivity index (χ1v) is 10.3. The highest BCUT2D eigenvalue weighted by Gasteiger charge is 2.29. The third kappa shape index (κ3) is 4.56.